The Labute approximate surface area is 109 Å². The van der Waals surface area contributed by atoms with Gasteiger partial charge in [0.1, 0.15) is 5.69 Å². The van der Waals surface area contributed by atoms with Crippen LogP contribution in [0, 0.1) is 0 Å². The second kappa shape index (κ2) is 5.59. The van der Waals surface area contributed by atoms with Gasteiger partial charge in [-0.2, -0.15) is 0 Å². The third-order valence-corrected chi connectivity index (χ3v) is 3.43. The molecule has 94 valence electrons. The number of carbonyl (C=O) groups excluding carboxylic acids is 1. The van der Waals surface area contributed by atoms with Crippen molar-refractivity contribution in [3.63, 3.8) is 0 Å². The van der Waals surface area contributed by atoms with Crippen molar-refractivity contribution in [1.82, 2.24) is 9.97 Å². The van der Waals surface area contributed by atoms with Crippen molar-refractivity contribution in [1.29, 1.82) is 0 Å². The summed E-state index contributed by atoms with van der Waals surface area (Å²) in [6.07, 6.45) is 2.51. The molecule has 3 N–H and O–H groups in total. The minimum atomic E-state index is -0.527. The van der Waals surface area contributed by atoms with E-state index in [4.69, 9.17) is 5.73 Å². The number of nitrogens with zero attached hydrogens (tertiary/aromatic N) is 2. The number of hydrogen-bond donors (Lipinski definition) is 2. The van der Waals surface area contributed by atoms with E-state index in [0.29, 0.717) is 6.54 Å². The minimum absolute atomic E-state index is 0.257. The van der Waals surface area contributed by atoms with Gasteiger partial charge in [0.25, 0.3) is 5.91 Å². The van der Waals surface area contributed by atoms with Gasteiger partial charge in [-0.1, -0.05) is 6.92 Å². The first-order valence-corrected chi connectivity index (χ1v) is 6.50. The van der Waals surface area contributed by atoms with Crippen molar-refractivity contribution in [2.45, 2.75) is 19.9 Å². The standard InChI is InChI=1S/C12H14N4OS/c1-2-11-16-9(7-18-11)6-15-8-3-4-14-10(5-8)12(13)17/h3-5,7H,2,6H2,1H3,(H2,13,17)(H,14,15). The first-order valence-electron chi connectivity index (χ1n) is 5.62. The summed E-state index contributed by atoms with van der Waals surface area (Å²) in [5, 5.41) is 6.34. The number of carbonyl (C=O) groups is 1. The summed E-state index contributed by atoms with van der Waals surface area (Å²) in [5.74, 6) is -0.527. The Kier molecular flexibility index (Phi) is 3.88. The molecule has 5 nitrogen and oxygen atoms in total. The van der Waals surface area contributed by atoms with Crippen molar-refractivity contribution in [2.24, 2.45) is 5.73 Å². The summed E-state index contributed by atoms with van der Waals surface area (Å²) < 4.78 is 0. The largest absolute Gasteiger partial charge is 0.379 e. The fraction of sp³-hybridized carbons (Fsp3) is 0.250. The predicted molar refractivity (Wildman–Crippen MR) is 71.6 cm³/mol. The van der Waals surface area contributed by atoms with E-state index in [0.717, 1.165) is 22.8 Å². The molecule has 1 amide bonds. The van der Waals surface area contributed by atoms with Crippen molar-refractivity contribution in [3.8, 4) is 0 Å². The molecule has 0 aromatic carbocycles. The van der Waals surface area contributed by atoms with Gasteiger partial charge in [0.2, 0.25) is 0 Å². The van der Waals surface area contributed by atoms with Gasteiger partial charge >= 0.3 is 0 Å². The second-order valence-electron chi connectivity index (χ2n) is 3.73. The molecule has 2 aromatic heterocycles. The lowest BCUT2D eigenvalue weighted by atomic mass is 10.3. The molecular formula is C12H14N4OS. The maximum Gasteiger partial charge on any atom is 0.267 e. The number of thiazole rings is 1. The molecule has 0 radical (unpaired) electrons. The van der Waals surface area contributed by atoms with Crippen LogP contribution in [0.25, 0.3) is 0 Å². The van der Waals surface area contributed by atoms with E-state index < -0.39 is 5.91 Å². The van der Waals surface area contributed by atoms with E-state index in [2.05, 4.69) is 22.2 Å². The van der Waals surface area contributed by atoms with Crippen LogP contribution < -0.4 is 11.1 Å². The lowest BCUT2D eigenvalue weighted by molar-refractivity contribution is 0.0995. The highest BCUT2D eigenvalue weighted by Gasteiger charge is 2.04. The Morgan fingerprint density at radius 1 is 1.56 bits per heavy atom. The summed E-state index contributed by atoms with van der Waals surface area (Å²) in [7, 11) is 0. The van der Waals surface area contributed by atoms with Gasteiger partial charge in [-0.05, 0) is 18.6 Å². The van der Waals surface area contributed by atoms with Crippen LogP contribution in [0.4, 0.5) is 5.69 Å². The lowest BCUT2D eigenvalue weighted by Crippen LogP contribution is -2.13. The number of aryl methyl sites for hydroxylation is 1. The molecule has 2 heterocycles. The van der Waals surface area contributed by atoms with Crippen LogP contribution in [0.2, 0.25) is 0 Å². The van der Waals surface area contributed by atoms with Crippen molar-refractivity contribution < 1.29 is 4.79 Å². The van der Waals surface area contributed by atoms with Crippen LogP contribution in [0.3, 0.4) is 0 Å². The average Bonchev–Trinajstić information content (AvgIpc) is 2.84. The molecule has 0 saturated heterocycles. The Bertz CT molecular complexity index is 553. The number of pyridine rings is 1. The zero-order valence-corrected chi connectivity index (χ0v) is 10.8. The highest BCUT2D eigenvalue weighted by molar-refractivity contribution is 7.09. The summed E-state index contributed by atoms with van der Waals surface area (Å²) in [5.41, 5.74) is 7.23. The maximum absolute atomic E-state index is 11.0. The first kappa shape index (κ1) is 12.5. The van der Waals surface area contributed by atoms with E-state index in [1.807, 2.05) is 5.38 Å². The van der Waals surface area contributed by atoms with Gasteiger partial charge in [0.15, 0.2) is 0 Å². The van der Waals surface area contributed by atoms with E-state index in [1.54, 1.807) is 29.7 Å². The molecule has 0 atom stereocenters. The number of rotatable bonds is 5. The fourth-order valence-electron chi connectivity index (χ4n) is 1.46. The molecule has 0 aliphatic carbocycles. The third-order valence-electron chi connectivity index (χ3n) is 2.39. The number of hydrogen-bond acceptors (Lipinski definition) is 5. The molecule has 0 unspecified atom stereocenters. The normalized spacial score (nSPS) is 10.3. The summed E-state index contributed by atoms with van der Waals surface area (Å²) in [6, 6.07) is 3.43. The molecule has 0 spiro atoms. The van der Waals surface area contributed by atoms with Crippen LogP contribution in [-0.2, 0) is 13.0 Å². The zero-order valence-electron chi connectivity index (χ0n) is 10.0. The van der Waals surface area contributed by atoms with Gasteiger partial charge in [0.05, 0.1) is 17.2 Å². The Balaban J connectivity index is 2.01. The maximum atomic E-state index is 11.0. The molecule has 6 heteroatoms. The topological polar surface area (TPSA) is 80.9 Å². The van der Waals surface area contributed by atoms with E-state index in [9.17, 15) is 4.79 Å². The van der Waals surface area contributed by atoms with Crippen molar-refractivity contribution in [3.05, 3.63) is 40.1 Å². The molecule has 0 fully saturated rings. The van der Waals surface area contributed by atoms with Crippen LogP contribution in [0.1, 0.15) is 28.1 Å². The van der Waals surface area contributed by atoms with Crippen LogP contribution >= 0.6 is 11.3 Å². The van der Waals surface area contributed by atoms with Gasteiger partial charge in [-0.15, -0.1) is 11.3 Å². The summed E-state index contributed by atoms with van der Waals surface area (Å²) in [4.78, 5) is 19.3. The van der Waals surface area contributed by atoms with E-state index >= 15 is 0 Å². The van der Waals surface area contributed by atoms with Gasteiger partial charge in [-0.3, -0.25) is 9.78 Å². The second-order valence-corrected chi connectivity index (χ2v) is 4.68. The molecule has 2 rings (SSSR count). The molecule has 2 aromatic rings. The van der Waals surface area contributed by atoms with E-state index in [-0.39, 0.29) is 5.69 Å². The highest BCUT2D eigenvalue weighted by atomic mass is 32.1. The van der Waals surface area contributed by atoms with Crippen molar-refractivity contribution in [2.75, 3.05) is 5.32 Å². The lowest BCUT2D eigenvalue weighted by Gasteiger charge is -2.04. The van der Waals surface area contributed by atoms with Gasteiger partial charge in [0, 0.05) is 17.3 Å². The average molecular weight is 262 g/mol. The molecule has 0 bridgehead atoms. The van der Waals surface area contributed by atoms with Crippen LogP contribution in [-0.4, -0.2) is 15.9 Å². The third kappa shape index (κ3) is 3.04. The zero-order chi connectivity index (χ0) is 13.0. The molecule has 0 aliphatic rings. The minimum Gasteiger partial charge on any atom is -0.379 e. The quantitative estimate of drug-likeness (QED) is 0.861. The van der Waals surface area contributed by atoms with Gasteiger partial charge < -0.3 is 11.1 Å². The number of anilines is 1. The number of nitrogens with one attached hydrogen (secondary N) is 1. The fourth-order valence-corrected chi connectivity index (χ4v) is 2.21. The van der Waals surface area contributed by atoms with Crippen LogP contribution in [0.5, 0.6) is 0 Å². The molecule has 18 heavy (non-hydrogen) atoms. The Morgan fingerprint density at radius 3 is 3.06 bits per heavy atom. The summed E-state index contributed by atoms with van der Waals surface area (Å²) >= 11 is 1.66. The predicted octanol–water partition coefficient (Wildman–Crippen LogP) is 1.81. The molecule has 0 saturated carbocycles. The molecule has 0 aliphatic heterocycles. The summed E-state index contributed by atoms with van der Waals surface area (Å²) in [6.45, 7) is 2.71. The number of nitrogens with two attached hydrogens (primary N) is 1. The monoisotopic (exact) mass is 262 g/mol. The highest BCUT2D eigenvalue weighted by Crippen LogP contribution is 2.13. The Hall–Kier alpha value is -1.95. The van der Waals surface area contributed by atoms with Gasteiger partial charge in [-0.25, -0.2) is 4.98 Å². The smallest absolute Gasteiger partial charge is 0.267 e. The Morgan fingerprint density at radius 2 is 2.39 bits per heavy atom. The first-order chi connectivity index (χ1) is 8.69. The van der Waals surface area contributed by atoms with E-state index in [1.165, 1.54) is 0 Å². The number of amides is 1. The van der Waals surface area contributed by atoms with Crippen molar-refractivity contribution >= 4 is 22.9 Å². The molecular weight excluding hydrogens is 248 g/mol. The number of primary amides is 1. The van der Waals surface area contributed by atoms with Crippen LogP contribution in [0.15, 0.2) is 23.7 Å². The SMILES string of the molecule is CCc1nc(CNc2ccnc(C(N)=O)c2)cs1. The number of aromatic nitrogens is 2.